The van der Waals surface area contributed by atoms with Crippen molar-refractivity contribution in [3.63, 3.8) is 0 Å². The Hall–Kier alpha value is -1.40. The first-order valence-electron chi connectivity index (χ1n) is 7.07. The number of aryl methyl sites for hydroxylation is 1. The van der Waals surface area contributed by atoms with Crippen LogP contribution in [-0.4, -0.2) is 41.6 Å². The van der Waals surface area contributed by atoms with E-state index in [4.69, 9.17) is 9.47 Å². The fourth-order valence-electron chi connectivity index (χ4n) is 2.58. The predicted octanol–water partition coefficient (Wildman–Crippen LogP) is 1.01. The number of carbonyl (C=O) groups excluding carboxylic acids is 1. The smallest absolute Gasteiger partial charge is 0.246 e. The van der Waals surface area contributed by atoms with Crippen molar-refractivity contribution in [2.45, 2.75) is 44.4 Å². The van der Waals surface area contributed by atoms with Gasteiger partial charge in [-0.05, 0) is 18.9 Å². The quantitative estimate of drug-likeness (QED) is 0.845. The van der Waals surface area contributed by atoms with Crippen LogP contribution in [0.15, 0.2) is 12.3 Å². The molecule has 1 aliphatic rings. The molecule has 1 amide bonds. The van der Waals surface area contributed by atoms with Gasteiger partial charge < -0.3 is 14.8 Å². The summed E-state index contributed by atoms with van der Waals surface area (Å²) in [5, 5.41) is 7.05. The lowest BCUT2D eigenvalue weighted by molar-refractivity contribution is -0.128. The molecular weight excluding hydrogens is 258 g/mol. The van der Waals surface area contributed by atoms with Crippen LogP contribution in [-0.2, 0) is 27.9 Å². The number of amides is 1. The SMILES string of the molecule is CO[C@H]1CCCC[C@@H]1NC(=O)COCc1ccnn1C. The third kappa shape index (κ3) is 4.05. The Balaban J connectivity index is 1.71. The number of nitrogens with zero attached hydrogens (tertiary/aromatic N) is 2. The molecule has 0 aromatic carbocycles. The topological polar surface area (TPSA) is 65.4 Å². The molecule has 0 saturated heterocycles. The van der Waals surface area contributed by atoms with Crippen molar-refractivity contribution < 1.29 is 14.3 Å². The number of aromatic nitrogens is 2. The third-order valence-electron chi connectivity index (χ3n) is 3.76. The molecule has 2 rings (SSSR count). The minimum atomic E-state index is -0.0823. The average molecular weight is 281 g/mol. The summed E-state index contributed by atoms with van der Waals surface area (Å²) in [7, 11) is 3.55. The van der Waals surface area contributed by atoms with Crippen molar-refractivity contribution in [3.8, 4) is 0 Å². The van der Waals surface area contributed by atoms with Crippen molar-refractivity contribution in [1.82, 2.24) is 15.1 Å². The molecule has 1 fully saturated rings. The number of ether oxygens (including phenoxy) is 2. The van der Waals surface area contributed by atoms with Gasteiger partial charge >= 0.3 is 0 Å². The van der Waals surface area contributed by atoms with Crippen LogP contribution < -0.4 is 5.32 Å². The minimum absolute atomic E-state index is 0.0676. The van der Waals surface area contributed by atoms with Gasteiger partial charge in [0, 0.05) is 20.4 Å². The van der Waals surface area contributed by atoms with Crippen molar-refractivity contribution >= 4 is 5.91 Å². The predicted molar refractivity (Wildman–Crippen MR) is 74.1 cm³/mol. The van der Waals surface area contributed by atoms with E-state index in [0.717, 1.165) is 25.0 Å². The van der Waals surface area contributed by atoms with Gasteiger partial charge in [-0.2, -0.15) is 5.10 Å². The lowest BCUT2D eigenvalue weighted by Crippen LogP contribution is -2.47. The van der Waals surface area contributed by atoms with Gasteiger partial charge in [0.25, 0.3) is 0 Å². The Bertz CT molecular complexity index is 433. The van der Waals surface area contributed by atoms with Crippen LogP contribution in [0.25, 0.3) is 0 Å². The number of methoxy groups -OCH3 is 1. The molecule has 1 saturated carbocycles. The molecule has 20 heavy (non-hydrogen) atoms. The summed E-state index contributed by atoms with van der Waals surface area (Å²) in [6.45, 7) is 0.459. The third-order valence-corrected chi connectivity index (χ3v) is 3.76. The molecule has 1 heterocycles. The van der Waals surface area contributed by atoms with Crippen LogP contribution in [0.3, 0.4) is 0 Å². The summed E-state index contributed by atoms with van der Waals surface area (Å²) < 4.78 is 12.6. The lowest BCUT2D eigenvalue weighted by atomic mass is 9.92. The second-order valence-electron chi connectivity index (χ2n) is 5.17. The summed E-state index contributed by atoms with van der Waals surface area (Å²) in [6.07, 6.45) is 6.14. The highest BCUT2D eigenvalue weighted by atomic mass is 16.5. The maximum atomic E-state index is 11.9. The van der Waals surface area contributed by atoms with Gasteiger partial charge in [0.15, 0.2) is 0 Å². The van der Waals surface area contributed by atoms with E-state index in [0.29, 0.717) is 6.61 Å². The second kappa shape index (κ2) is 7.40. The molecule has 1 N–H and O–H groups in total. The number of nitrogens with one attached hydrogen (secondary N) is 1. The van der Waals surface area contributed by atoms with Crippen LogP contribution >= 0.6 is 0 Å². The number of rotatable bonds is 6. The zero-order valence-electron chi connectivity index (χ0n) is 12.2. The standard InChI is InChI=1S/C14H23N3O3/c1-17-11(7-8-15-17)9-20-10-14(18)16-12-5-3-4-6-13(12)19-2/h7-8,12-13H,3-6,9-10H2,1-2H3,(H,16,18)/t12-,13-/m0/s1. The molecule has 1 aromatic rings. The fraction of sp³-hybridized carbons (Fsp3) is 0.714. The van der Waals surface area contributed by atoms with Crippen LogP contribution in [0.5, 0.6) is 0 Å². The van der Waals surface area contributed by atoms with Gasteiger partial charge in [-0.15, -0.1) is 0 Å². The highest BCUT2D eigenvalue weighted by Crippen LogP contribution is 2.20. The number of hydrogen-bond acceptors (Lipinski definition) is 4. The molecule has 0 spiro atoms. The van der Waals surface area contributed by atoms with Gasteiger partial charge in [0.05, 0.1) is 24.4 Å². The van der Waals surface area contributed by atoms with Crippen molar-refractivity contribution in [3.05, 3.63) is 18.0 Å². The normalized spacial score (nSPS) is 22.7. The molecule has 2 atom stereocenters. The number of carbonyl (C=O) groups is 1. The van der Waals surface area contributed by atoms with Gasteiger partial charge in [-0.1, -0.05) is 12.8 Å². The molecule has 0 radical (unpaired) electrons. The summed E-state index contributed by atoms with van der Waals surface area (Å²) in [5.41, 5.74) is 0.949. The molecule has 6 heteroatoms. The van der Waals surface area contributed by atoms with Gasteiger partial charge in [0.2, 0.25) is 5.91 Å². The first-order chi connectivity index (χ1) is 9.70. The molecule has 1 aliphatic carbocycles. The van der Waals surface area contributed by atoms with E-state index in [1.54, 1.807) is 18.0 Å². The Morgan fingerprint density at radius 3 is 3.00 bits per heavy atom. The zero-order chi connectivity index (χ0) is 14.4. The van der Waals surface area contributed by atoms with E-state index in [9.17, 15) is 4.79 Å². The van der Waals surface area contributed by atoms with E-state index >= 15 is 0 Å². The van der Waals surface area contributed by atoms with Crippen molar-refractivity contribution in [2.24, 2.45) is 7.05 Å². The Morgan fingerprint density at radius 2 is 2.30 bits per heavy atom. The fourth-order valence-corrected chi connectivity index (χ4v) is 2.58. The summed E-state index contributed by atoms with van der Waals surface area (Å²) >= 11 is 0. The molecule has 0 bridgehead atoms. The molecule has 1 aromatic heterocycles. The van der Waals surface area contributed by atoms with Gasteiger partial charge in [0.1, 0.15) is 6.61 Å². The van der Waals surface area contributed by atoms with E-state index in [2.05, 4.69) is 10.4 Å². The molecule has 112 valence electrons. The highest BCUT2D eigenvalue weighted by molar-refractivity contribution is 5.77. The first kappa shape index (κ1) is 15.0. The summed E-state index contributed by atoms with van der Waals surface area (Å²) in [5.74, 6) is -0.0823. The van der Waals surface area contributed by atoms with E-state index in [1.165, 1.54) is 6.42 Å². The Kier molecular flexibility index (Phi) is 5.55. The van der Waals surface area contributed by atoms with E-state index in [-0.39, 0.29) is 24.7 Å². The first-order valence-corrected chi connectivity index (χ1v) is 7.07. The largest absolute Gasteiger partial charge is 0.379 e. The van der Waals surface area contributed by atoms with Crippen molar-refractivity contribution in [2.75, 3.05) is 13.7 Å². The van der Waals surface area contributed by atoms with Gasteiger partial charge in [-0.25, -0.2) is 0 Å². The van der Waals surface area contributed by atoms with E-state index < -0.39 is 0 Å². The molecule has 0 aliphatic heterocycles. The zero-order valence-corrected chi connectivity index (χ0v) is 12.2. The molecule has 6 nitrogen and oxygen atoms in total. The number of hydrogen-bond donors (Lipinski definition) is 1. The van der Waals surface area contributed by atoms with Crippen molar-refractivity contribution in [1.29, 1.82) is 0 Å². The molecular formula is C14H23N3O3. The highest BCUT2D eigenvalue weighted by Gasteiger charge is 2.26. The summed E-state index contributed by atoms with van der Waals surface area (Å²) in [6, 6.07) is 1.99. The molecule has 0 unspecified atom stereocenters. The van der Waals surface area contributed by atoms with E-state index in [1.807, 2.05) is 13.1 Å². The monoisotopic (exact) mass is 281 g/mol. The average Bonchev–Trinajstić information content (AvgIpc) is 2.85. The lowest BCUT2D eigenvalue weighted by Gasteiger charge is -2.30. The van der Waals surface area contributed by atoms with Gasteiger partial charge in [-0.3, -0.25) is 9.48 Å². The van der Waals surface area contributed by atoms with Crippen LogP contribution in [0, 0.1) is 0 Å². The Labute approximate surface area is 119 Å². The Morgan fingerprint density at radius 1 is 1.50 bits per heavy atom. The summed E-state index contributed by atoms with van der Waals surface area (Å²) in [4.78, 5) is 11.9. The minimum Gasteiger partial charge on any atom is -0.379 e. The van der Waals surface area contributed by atoms with Crippen LogP contribution in [0.2, 0.25) is 0 Å². The van der Waals surface area contributed by atoms with Crippen LogP contribution in [0.4, 0.5) is 0 Å². The maximum absolute atomic E-state index is 11.9. The second-order valence-corrected chi connectivity index (χ2v) is 5.17. The maximum Gasteiger partial charge on any atom is 0.246 e. The van der Waals surface area contributed by atoms with Crippen LogP contribution in [0.1, 0.15) is 31.4 Å².